The minimum atomic E-state index is 1.02. The number of hydrogen-bond donors (Lipinski definition) is 0. The van der Waals surface area contributed by atoms with Gasteiger partial charge < -0.3 is 4.57 Å². The highest BCUT2D eigenvalue weighted by molar-refractivity contribution is 7.99. The summed E-state index contributed by atoms with van der Waals surface area (Å²) in [7, 11) is 2.09. The van der Waals surface area contributed by atoms with Crippen LogP contribution in [0.15, 0.2) is 47.9 Å². The van der Waals surface area contributed by atoms with E-state index in [-0.39, 0.29) is 0 Å². The number of para-hydroxylation sites is 2. The van der Waals surface area contributed by atoms with E-state index in [9.17, 15) is 0 Å². The topological polar surface area (TPSA) is 35.6 Å². The SMILES string of the molecule is Cn1c(SCCCCCn2cccn2)nc2ccccc21. The van der Waals surface area contributed by atoms with Crippen LogP contribution in [0.4, 0.5) is 0 Å². The van der Waals surface area contributed by atoms with Gasteiger partial charge in [0.05, 0.1) is 11.0 Å². The monoisotopic (exact) mass is 300 g/mol. The number of thioether (sulfide) groups is 1. The minimum Gasteiger partial charge on any atom is -0.322 e. The maximum absolute atomic E-state index is 4.68. The van der Waals surface area contributed by atoms with Gasteiger partial charge in [-0.15, -0.1) is 0 Å². The fraction of sp³-hybridized carbons (Fsp3) is 0.375. The van der Waals surface area contributed by atoms with E-state index in [0.29, 0.717) is 0 Å². The van der Waals surface area contributed by atoms with Gasteiger partial charge in [-0.25, -0.2) is 4.98 Å². The Morgan fingerprint density at radius 3 is 2.81 bits per heavy atom. The number of fused-ring (bicyclic) bond motifs is 1. The minimum absolute atomic E-state index is 1.02. The van der Waals surface area contributed by atoms with Gasteiger partial charge in [0.1, 0.15) is 0 Å². The van der Waals surface area contributed by atoms with Gasteiger partial charge in [-0.1, -0.05) is 30.3 Å². The Kier molecular flexibility index (Phi) is 4.60. The molecule has 110 valence electrons. The first-order valence-electron chi connectivity index (χ1n) is 7.36. The zero-order valence-corrected chi connectivity index (χ0v) is 13.1. The molecule has 0 atom stereocenters. The largest absolute Gasteiger partial charge is 0.322 e. The maximum atomic E-state index is 4.68. The molecule has 4 nitrogen and oxygen atoms in total. The molecular weight excluding hydrogens is 280 g/mol. The quantitative estimate of drug-likeness (QED) is 0.492. The Balaban J connectivity index is 1.43. The van der Waals surface area contributed by atoms with E-state index >= 15 is 0 Å². The van der Waals surface area contributed by atoms with Crippen LogP contribution in [0, 0.1) is 0 Å². The van der Waals surface area contributed by atoms with E-state index in [0.717, 1.165) is 23.0 Å². The van der Waals surface area contributed by atoms with E-state index in [2.05, 4.69) is 39.9 Å². The van der Waals surface area contributed by atoms with Gasteiger partial charge in [0.15, 0.2) is 5.16 Å². The van der Waals surface area contributed by atoms with Crippen LogP contribution in [-0.2, 0) is 13.6 Å². The number of unbranched alkanes of at least 4 members (excludes halogenated alkanes) is 2. The Morgan fingerprint density at radius 2 is 2.00 bits per heavy atom. The fourth-order valence-electron chi connectivity index (χ4n) is 2.40. The van der Waals surface area contributed by atoms with E-state index in [1.165, 1.54) is 24.8 Å². The summed E-state index contributed by atoms with van der Waals surface area (Å²) in [6, 6.07) is 10.3. The summed E-state index contributed by atoms with van der Waals surface area (Å²) in [5, 5.41) is 5.33. The second-order valence-corrected chi connectivity index (χ2v) is 6.18. The van der Waals surface area contributed by atoms with Crippen molar-refractivity contribution in [3.63, 3.8) is 0 Å². The van der Waals surface area contributed by atoms with Crippen LogP contribution in [0.5, 0.6) is 0 Å². The van der Waals surface area contributed by atoms with Gasteiger partial charge >= 0.3 is 0 Å². The third-order valence-corrected chi connectivity index (χ3v) is 4.68. The highest BCUT2D eigenvalue weighted by Crippen LogP contribution is 2.23. The molecule has 21 heavy (non-hydrogen) atoms. The van der Waals surface area contributed by atoms with Crippen LogP contribution in [0.3, 0.4) is 0 Å². The molecule has 3 aromatic rings. The van der Waals surface area contributed by atoms with Crippen molar-refractivity contribution in [1.82, 2.24) is 19.3 Å². The third-order valence-electron chi connectivity index (χ3n) is 3.57. The molecular formula is C16H20N4S. The molecule has 0 saturated heterocycles. The van der Waals surface area contributed by atoms with Crippen molar-refractivity contribution in [1.29, 1.82) is 0 Å². The molecule has 0 unspecified atom stereocenters. The number of hydrogen-bond acceptors (Lipinski definition) is 3. The summed E-state index contributed by atoms with van der Waals surface area (Å²) < 4.78 is 4.18. The van der Waals surface area contributed by atoms with Crippen LogP contribution < -0.4 is 0 Å². The molecule has 0 radical (unpaired) electrons. The standard InChI is InChI=1S/C16H20N4S/c1-19-15-9-4-3-8-14(15)18-16(19)21-13-6-2-5-11-20-12-7-10-17-20/h3-4,7-10,12H,2,5-6,11,13H2,1H3. The number of rotatable bonds is 7. The van der Waals surface area contributed by atoms with Gasteiger partial charge in [0.25, 0.3) is 0 Å². The number of aryl methyl sites for hydroxylation is 2. The van der Waals surface area contributed by atoms with Gasteiger partial charge in [-0.2, -0.15) is 5.10 Å². The average Bonchev–Trinajstić information content (AvgIpc) is 3.12. The Morgan fingerprint density at radius 1 is 1.10 bits per heavy atom. The molecule has 3 rings (SSSR count). The fourth-order valence-corrected chi connectivity index (χ4v) is 3.39. The van der Waals surface area contributed by atoms with E-state index < -0.39 is 0 Å². The Bertz CT molecular complexity index is 687. The highest BCUT2D eigenvalue weighted by atomic mass is 32.2. The third kappa shape index (κ3) is 3.47. The molecule has 2 heterocycles. The molecule has 0 bridgehead atoms. The molecule has 0 spiro atoms. The van der Waals surface area contributed by atoms with Crippen LogP contribution in [0.25, 0.3) is 11.0 Å². The van der Waals surface area contributed by atoms with Crippen LogP contribution in [-0.4, -0.2) is 25.1 Å². The molecule has 5 heteroatoms. The van der Waals surface area contributed by atoms with Crippen molar-refractivity contribution in [2.24, 2.45) is 7.05 Å². The molecule has 0 aliphatic heterocycles. The molecule has 0 aliphatic rings. The smallest absolute Gasteiger partial charge is 0.168 e. The van der Waals surface area contributed by atoms with Crippen molar-refractivity contribution in [3.8, 4) is 0 Å². The number of benzene rings is 1. The normalized spacial score (nSPS) is 11.3. The first kappa shape index (κ1) is 14.2. The zero-order valence-electron chi connectivity index (χ0n) is 12.3. The van der Waals surface area contributed by atoms with E-state index in [4.69, 9.17) is 0 Å². The number of aromatic nitrogens is 4. The summed E-state index contributed by atoms with van der Waals surface area (Å²) in [5.74, 6) is 1.12. The zero-order chi connectivity index (χ0) is 14.5. The lowest BCUT2D eigenvalue weighted by molar-refractivity contribution is 0.554. The first-order chi connectivity index (χ1) is 10.3. The summed E-state index contributed by atoms with van der Waals surface area (Å²) >= 11 is 1.85. The summed E-state index contributed by atoms with van der Waals surface area (Å²) in [4.78, 5) is 4.68. The Labute approximate surface area is 129 Å². The van der Waals surface area contributed by atoms with Crippen LogP contribution in [0.1, 0.15) is 19.3 Å². The van der Waals surface area contributed by atoms with Crippen molar-refractivity contribution in [2.75, 3.05) is 5.75 Å². The van der Waals surface area contributed by atoms with Gasteiger partial charge in [-0.05, 0) is 31.0 Å². The van der Waals surface area contributed by atoms with E-state index in [1.54, 1.807) is 0 Å². The lowest BCUT2D eigenvalue weighted by Crippen LogP contribution is -1.98. The molecule has 0 saturated carbocycles. The molecule has 0 aliphatic carbocycles. The Hall–Kier alpha value is -1.75. The first-order valence-corrected chi connectivity index (χ1v) is 8.35. The second-order valence-electron chi connectivity index (χ2n) is 5.12. The van der Waals surface area contributed by atoms with Crippen LogP contribution in [0.2, 0.25) is 0 Å². The molecule has 0 amide bonds. The molecule has 2 aromatic heterocycles. The molecule has 0 N–H and O–H groups in total. The lowest BCUT2D eigenvalue weighted by Gasteiger charge is -2.03. The molecule has 1 aromatic carbocycles. The number of imidazole rings is 1. The van der Waals surface area contributed by atoms with Gasteiger partial charge in [0.2, 0.25) is 0 Å². The predicted octanol–water partition coefficient (Wildman–Crippen LogP) is 3.73. The van der Waals surface area contributed by atoms with Crippen LogP contribution >= 0.6 is 11.8 Å². The second kappa shape index (κ2) is 6.80. The summed E-state index contributed by atoms with van der Waals surface area (Å²) in [5.41, 5.74) is 2.29. The van der Waals surface area contributed by atoms with Gasteiger partial charge in [0, 0.05) is 31.7 Å². The van der Waals surface area contributed by atoms with E-state index in [1.807, 2.05) is 41.0 Å². The molecule has 0 fully saturated rings. The maximum Gasteiger partial charge on any atom is 0.168 e. The lowest BCUT2D eigenvalue weighted by atomic mass is 10.2. The van der Waals surface area contributed by atoms with Gasteiger partial charge in [-0.3, -0.25) is 4.68 Å². The van der Waals surface area contributed by atoms with Crippen molar-refractivity contribution < 1.29 is 0 Å². The summed E-state index contributed by atoms with van der Waals surface area (Å²) in [6.07, 6.45) is 7.49. The summed E-state index contributed by atoms with van der Waals surface area (Å²) in [6.45, 7) is 1.02. The van der Waals surface area contributed by atoms with Crippen molar-refractivity contribution >= 4 is 22.8 Å². The predicted molar refractivity (Wildman–Crippen MR) is 87.5 cm³/mol. The highest BCUT2D eigenvalue weighted by Gasteiger charge is 2.06. The van der Waals surface area contributed by atoms with Crippen molar-refractivity contribution in [2.45, 2.75) is 31.0 Å². The van der Waals surface area contributed by atoms with Crippen molar-refractivity contribution in [3.05, 3.63) is 42.7 Å². The average molecular weight is 300 g/mol. The number of nitrogens with zero attached hydrogens (tertiary/aromatic N) is 4.